The molecule has 1 rings (SSSR count). The van der Waals surface area contributed by atoms with E-state index in [1.54, 1.807) is 0 Å². The van der Waals surface area contributed by atoms with E-state index in [1.165, 1.54) is 5.56 Å². The molecule has 1 aromatic carbocycles. The van der Waals surface area contributed by atoms with Crippen LogP contribution in [0.1, 0.15) is 45.6 Å². The maximum Gasteiger partial charge on any atom is 0.122 e. The van der Waals surface area contributed by atoms with Gasteiger partial charge >= 0.3 is 0 Å². The Labute approximate surface area is 111 Å². The van der Waals surface area contributed by atoms with Crippen LogP contribution in [0.15, 0.2) is 24.3 Å². The predicted octanol–water partition coefficient (Wildman–Crippen LogP) is 4.25. The molecule has 0 unspecified atom stereocenters. The van der Waals surface area contributed by atoms with Crippen molar-refractivity contribution in [2.24, 2.45) is 5.92 Å². The molecule has 2 nitrogen and oxygen atoms in total. The van der Waals surface area contributed by atoms with E-state index in [0.717, 1.165) is 18.8 Å². The van der Waals surface area contributed by atoms with Gasteiger partial charge in [0.2, 0.25) is 0 Å². The molecule has 0 heterocycles. The van der Waals surface area contributed by atoms with Crippen molar-refractivity contribution in [3.8, 4) is 5.75 Å². The third kappa shape index (κ3) is 5.54. The summed E-state index contributed by atoms with van der Waals surface area (Å²) in [6, 6.07) is 8.23. The number of hydrogen-bond donors (Lipinski definition) is 0. The summed E-state index contributed by atoms with van der Waals surface area (Å²) in [6.07, 6.45) is 1.11. The van der Waals surface area contributed by atoms with Gasteiger partial charge < -0.3 is 9.47 Å². The fraction of sp³-hybridized carbons (Fsp3) is 0.625. The van der Waals surface area contributed by atoms with Crippen LogP contribution in [0.4, 0.5) is 0 Å². The zero-order chi connectivity index (χ0) is 13.4. The maximum absolute atomic E-state index is 5.78. The zero-order valence-corrected chi connectivity index (χ0v) is 12.1. The minimum atomic E-state index is 0.489. The molecular weight excluding hydrogens is 224 g/mol. The highest BCUT2D eigenvalue weighted by atomic mass is 16.5. The van der Waals surface area contributed by atoms with Crippen LogP contribution in [0.25, 0.3) is 0 Å². The van der Waals surface area contributed by atoms with Crippen molar-refractivity contribution in [1.29, 1.82) is 0 Å². The smallest absolute Gasteiger partial charge is 0.122 e. The molecule has 1 aromatic rings. The van der Waals surface area contributed by atoms with Gasteiger partial charge in [0.05, 0.1) is 6.61 Å². The number of hydrogen-bond acceptors (Lipinski definition) is 2. The SMILES string of the molecule is CC(C)CCOCCOc1ccccc1C(C)C. The lowest BCUT2D eigenvalue weighted by Gasteiger charge is -2.14. The second-order valence-electron chi connectivity index (χ2n) is 5.34. The Morgan fingerprint density at radius 1 is 0.944 bits per heavy atom. The average molecular weight is 250 g/mol. The summed E-state index contributed by atoms with van der Waals surface area (Å²) in [5, 5.41) is 0. The fourth-order valence-electron chi connectivity index (χ4n) is 1.72. The van der Waals surface area contributed by atoms with Crippen molar-refractivity contribution < 1.29 is 9.47 Å². The van der Waals surface area contributed by atoms with Crippen LogP contribution >= 0.6 is 0 Å². The molecule has 0 aliphatic rings. The number of para-hydroxylation sites is 1. The van der Waals surface area contributed by atoms with Crippen LogP contribution in [0.2, 0.25) is 0 Å². The highest BCUT2D eigenvalue weighted by molar-refractivity contribution is 5.35. The van der Waals surface area contributed by atoms with Crippen LogP contribution in [-0.2, 0) is 4.74 Å². The Morgan fingerprint density at radius 3 is 2.33 bits per heavy atom. The Hall–Kier alpha value is -1.02. The Morgan fingerprint density at radius 2 is 1.67 bits per heavy atom. The highest BCUT2D eigenvalue weighted by Crippen LogP contribution is 2.25. The van der Waals surface area contributed by atoms with Gasteiger partial charge in [0.25, 0.3) is 0 Å². The van der Waals surface area contributed by atoms with E-state index < -0.39 is 0 Å². The lowest BCUT2D eigenvalue weighted by atomic mass is 10.0. The van der Waals surface area contributed by atoms with Crippen LogP contribution in [-0.4, -0.2) is 19.8 Å². The highest BCUT2D eigenvalue weighted by Gasteiger charge is 2.06. The molecule has 0 saturated carbocycles. The largest absolute Gasteiger partial charge is 0.491 e. The monoisotopic (exact) mass is 250 g/mol. The quantitative estimate of drug-likeness (QED) is 0.642. The fourth-order valence-corrected chi connectivity index (χ4v) is 1.72. The molecule has 0 aliphatic heterocycles. The summed E-state index contributed by atoms with van der Waals surface area (Å²) in [7, 11) is 0. The van der Waals surface area contributed by atoms with Crippen molar-refractivity contribution in [3.05, 3.63) is 29.8 Å². The average Bonchev–Trinajstić information content (AvgIpc) is 2.33. The van der Waals surface area contributed by atoms with Crippen molar-refractivity contribution in [1.82, 2.24) is 0 Å². The molecule has 0 aromatic heterocycles. The van der Waals surface area contributed by atoms with Gasteiger partial charge in [-0.1, -0.05) is 45.9 Å². The maximum atomic E-state index is 5.78. The molecule has 0 saturated heterocycles. The Balaban J connectivity index is 2.27. The van der Waals surface area contributed by atoms with Gasteiger partial charge in [0, 0.05) is 6.61 Å². The summed E-state index contributed by atoms with van der Waals surface area (Å²) in [4.78, 5) is 0. The van der Waals surface area contributed by atoms with Crippen molar-refractivity contribution >= 4 is 0 Å². The topological polar surface area (TPSA) is 18.5 Å². The Bertz CT molecular complexity index is 332. The zero-order valence-electron chi connectivity index (χ0n) is 12.1. The van der Waals surface area contributed by atoms with Crippen molar-refractivity contribution in [2.75, 3.05) is 19.8 Å². The summed E-state index contributed by atoms with van der Waals surface area (Å²) >= 11 is 0. The molecule has 0 radical (unpaired) electrons. The molecule has 0 N–H and O–H groups in total. The summed E-state index contributed by atoms with van der Waals surface area (Å²) in [5.74, 6) is 2.18. The molecule has 0 aliphatic carbocycles. The molecule has 0 amide bonds. The minimum Gasteiger partial charge on any atom is -0.491 e. The third-order valence-electron chi connectivity index (χ3n) is 2.87. The summed E-state index contributed by atoms with van der Waals surface area (Å²) < 4.78 is 11.3. The molecule has 0 atom stereocenters. The second kappa shape index (κ2) is 8.15. The van der Waals surface area contributed by atoms with Gasteiger partial charge in [-0.25, -0.2) is 0 Å². The van der Waals surface area contributed by atoms with E-state index in [1.807, 2.05) is 12.1 Å². The summed E-state index contributed by atoms with van der Waals surface area (Å²) in [6.45, 7) is 10.9. The van der Waals surface area contributed by atoms with Crippen LogP contribution in [0.3, 0.4) is 0 Å². The van der Waals surface area contributed by atoms with E-state index in [0.29, 0.717) is 25.0 Å². The van der Waals surface area contributed by atoms with Gasteiger partial charge in [-0.2, -0.15) is 0 Å². The van der Waals surface area contributed by atoms with Gasteiger partial charge in [0.15, 0.2) is 0 Å². The van der Waals surface area contributed by atoms with E-state index in [-0.39, 0.29) is 0 Å². The normalized spacial score (nSPS) is 11.2. The molecule has 0 bridgehead atoms. The van der Waals surface area contributed by atoms with Crippen LogP contribution < -0.4 is 4.74 Å². The molecule has 18 heavy (non-hydrogen) atoms. The molecule has 0 fully saturated rings. The molecule has 0 spiro atoms. The van der Waals surface area contributed by atoms with Gasteiger partial charge in [-0.05, 0) is 29.9 Å². The first-order valence-electron chi connectivity index (χ1n) is 6.90. The third-order valence-corrected chi connectivity index (χ3v) is 2.87. The van der Waals surface area contributed by atoms with Crippen LogP contribution in [0, 0.1) is 5.92 Å². The minimum absolute atomic E-state index is 0.489. The van der Waals surface area contributed by atoms with E-state index in [4.69, 9.17) is 9.47 Å². The number of benzene rings is 1. The first-order valence-corrected chi connectivity index (χ1v) is 6.90. The van der Waals surface area contributed by atoms with Gasteiger partial charge in [0.1, 0.15) is 12.4 Å². The van der Waals surface area contributed by atoms with E-state index in [2.05, 4.69) is 39.8 Å². The predicted molar refractivity (Wildman–Crippen MR) is 76.3 cm³/mol. The van der Waals surface area contributed by atoms with E-state index >= 15 is 0 Å². The van der Waals surface area contributed by atoms with E-state index in [9.17, 15) is 0 Å². The molecular formula is C16H26O2. The second-order valence-corrected chi connectivity index (χ2v) is 5.34. The Kier molecular flexibility index (Phi) is 6.81. The molecule has 2 heteroatoms. The van der Waals surface area contributed by atoms with Crippen molar-refractivity contribution in [2.45, 2.75) is 40.0 Å². The molecule has 102 valence electrons. The van der Waals surface area contributed by atoms with Gasteiger partial charge in [-0.15, -0.1) is 0 Å². The number of ether oxygens (including phenoxy) is 2. The first kappa shape index (κ1) is 15.0. The van der Waals surface area contributed by atoms with Crippen molar-refractivity contribution in [3.63, 3.8) is 0 Å². The van der Waals surface area contributed by atoms with Gasteiger partial charge in [-0.3, -0.25) is 0 Å². The standard InChI is InChI=1S/C16H26O2/c1-13(2)9-10-17-11-12-18-16-8-6-5-7-15(16)14(3)4/h5-8,13-14H,9-12H2,1-4H3. The van der Waals surface area contributed by atoms with Crippen LogP contribution in [0.5, 0.6) is 5.75 Å². The number of rotatable bonds is 8. The summed E-state index contributed by atoms with van der Waals surface area (Å²) in [5.41, 5.74) is 1.26. The lowest BCUT2D eigenvalue weighted by molar-refractivity contribution is 0.0922. The lowest BCUT2D eigenvalue weighted by Crippen LogP contribution is -2.09. The first-order chi connectivity index (χ1) is 8.61.